The maximum Gasteiger partial charge on any atom is 0.229 e. The third-order valence-corrected chi connectivity index (χ3v) is 6.38. The monoisotopic (exact) mass is 461 g/mol. The Kier molecular flexibility index (Phi) is 6.67. The Morgan fingerprint density at radius 1 is 0.971 bits per heavy atom. The molecule has 2 aliphatic heterocycles. The highest BCUT2D eigenvalue weighted by atomic mass is 19.1. The van der Waals surface area contributed by atoms with Gasteiger partial charge in [0.25, 0.3) is 0 Å². The van der Waals surface area contributed by atoms with Gasteiger partial charge in [-0.25, -0.2) is 14.4 Å². The molecule has 3 heterocycles. The van der Waals surface area contributed by atoms with Crippen LogP contribution in [0, 0.1) is 11.7 Å². The van der Waals surface area contributed by atoms with E-state index in [4.69, 9.17) is 4.74 Å². The number of rotatable bonds is 5. The highest BCUT2D eigenvalue weighted by Crippen LogP contribution is 2.25. The fraction of sp³-hybridized carbons (Fsp3) is 0.346. The predicted molar refractivity (Wildman–Crippen MR) is 130 cm³/mol. The van der Waals surface area contributed by atoms with Gasteiger partial charge in [0.05, 0.1) is 19.1 Å². The molecule has 0 aliphatic carbocycles. The first-order chi connectivity index (χ1) is 16.7. The van der Waals surface area contributed by atoms with Gasteiger partial charge in [-0.3, -0.25) is 4.79 Å². The van der Waals surface area contributed by atoms with E-state index >= 15 is 0 Å². The van der Waals surface area contributed by atoms with Gasteiger partial charge in [0.2, 0.25) is 11.9 Å². The molecule has 0 spiro atoms. The van der Waals surface area contributed by atoms with E-state index in [1.165, 1.54) is 12.1 Å². The van der Waals surface area contributed by atoms with Crippen LogP contribution in [0.5, 0.6) is 0 Å². The number of hydrogen-bond donors (Lipinski definition) is 1. The predicted octanol–water partition coefficient (Wildman–Crippen LogP) is 3.97. The van der Waals surface area contributed by atoms with Crippen LogP contribution >= 0.6 is 0 Å². The molecule has 8 heteroatoms. The Bertz CT molecular complexity index is 1120. The molecule has 2 fully saturated rings. The maximum atomic E-state index is 13.5. The van der Waals surface area contributed by atoms with Gasteiger partial charge in [0.1, 0.15) is 5.82 Å². The van der Waals surface area contributed by atoms with E-state index in [-0.39, 0.29) is 17.6 Å². The molecule has 0 bridgehead atoms. The molecule has 2 aromatic carbocycles. The first-order valence-corrected chi connectivity index (χ1v) is 11.7. The average molecular weight is 462 g/mol. The number of halogens is 1. The van der Waals surface area contributed by atoms with Crippen molar-refractivity contribution in [2.75, 3.05) is 54.5 Å². The summed E-state index contributed by atoms with van der Waals surface area (Å²) in [5.41, 5.74) is 3.44. The van der Waals surface area contributed by atoms with E-state index in [0.717, 1.165) is 68.2 Å². The summed E-state index contributed by atoms with van der Waals surface area (Å²) in [5, 5.41) is 3.06. The highest BCUT2D eigenvalue weighted by molar-refractivity contribution is 5.93. The number of anilines is 3. The van der Waals surface area contributed by atoms with Crippen LogP contribution in [0.25, 0.3) is 11.1 Å². The first kappa shape index (κ1) is 22.3. The zero-order chi connectivity index (χ0) is 23.3. The Balaban J connectivity index is 1.19. The van der Waals surface area contributed by atoms with Crippen LogP contribution in [0.3, 0.4) is 0 Å². The van der Waals surface area contributed by atoms with Gasteiger partial charge in [0.15, 0.2) is 0 Å². The summed E-state index contributed by atoms with van der Waals surface area (Å²) < 4.78 is 18.9. The quantitative estimate of drug-likeness (QED) is 0.620. The van der Waals surface area contributed by atoms with E-state index in [1.807, 2.05) is 35.2 Å². The Morgan fingerprint density at radius 3 is 2.47 bits per heavy atom. The second kappa shape index (κ2) is 10.2. The second-order valence-electron chi connectivity index (χ2n) is 8.70. The number of nitrogens with zero attached hydrogens (tertiary/aromatic N) is 4. The fourth-order valence-corrected chi connectivity index (χ4v) is 4.50. The number of benzene rings is 2. The minimum absolute atomic E-state index is 0.0141. The number of ether oxygens (including phenoxy) is 1. The molecule has 2 aliphatic rings. The molecule has 2 saturated heterocycles. The van der Waals surface area contributed by atoms with Crippen molar-refractivity contribution in [3.63, 3.8) is 0 Å². The van der Waals surface area contributed by atoms with Crippen LogP contribution < -0.4 is 15.1 Å². The summed E-state index contributed by atoms with van der Waals surface area (Å²) in [6.45, 7) is 4.62. The Hall–Kier alpha value is -3.52. The van der Waals surface area contributed by atoms with Gasteiger partial charge in [-0.1, -0.05) is 12.1 Å². The van der Waals surface area contributed by atoms with Crippen molar-refractivity contribution in [3.05, 3.63) is 66.7 Å². The standard InChI is InChI=1S/C26H28FN5O2/c27-22-5-1-3-19(15-22)21-16-28-26(29-17-21)32-10-2-4-20(18-32)25(33)30-23-6-8-24(9-7-23)31-11-13-34-14-12-31/h1,3,5-9,15-17,20H,2,4,10-14,18H2,(H,30,33). The lowest BCUT2D eigenvalue weighted by atomic mass is 9.97. The molecule has 1 unspecified atom stereocenters. The molecule has 0 saturated carbocycles. The van der Waals surface area contributed by atoms with E-state index in [1.54, 1.807) is 18.5 Å². The highest BCUT2D eigenvalue weighted by Gasteiger charge is 2.27. The summed E-state index contributed by atoms with van der Waals surface area (Å²) in [5.74, 6) is 0.175. The van der Waals surface area contributed by atoms with Gasteiger partial charge >= 0.3 is 0 Å². The molecule has 0 radical (unpaired) electrons. The molecule has 5 rings (SSSR count). The van der Waals surface area contributed by atoms with Crippen molar-refractivity contribution in [1.29, 1.82) is 0 Å². The minimum Gasteiger partial charge on any atom is -0.378 e. The summed E-state index contributed by atoms with van der Waals surface area (Å²) in [4.78, 5) is 26.3. The number of carbonyl (C=O) groups excluding carboxylic acids is 1. The SMILES string of the molecule is O=C(Nc1ccc(N2CCOCC2)cc1)C1CCCN(c2ncc(-c3cccc(F)c3)cn2)C1. The van der Waals surface area contributed by atoms with E-state index < -0.39 is 0 Å². The number of amides is 1. The number of morpholine rings is 1. The molecular formula is C26H28FN5O2. The van der Waals surface area contributed by atoms with E-state index in [2.05, 4.69) is 20.2 Å². The summed E-state index contributed by atoms with van der Waals surface area (Å²) in [7, 11) is 0. The molecular weight excluding hydrogens is 433 g/mol. The number of piperidine rings is 1. The molecule has 3 aromatic rings. The van der Waals surface area contributed by atoms with Crippen LogP contribution in [0.4, 0.5) is 21.7 Å². The Labute approximate surface area is 198 Å². The zero-order valence-electron chi connectivity index (χ0n) is 19.0. The van der Waals surface area contributed by atoms with Crippen molar-refractivity contribution < 1.29 is 13.9 Å². The zero-order valence-corrected chi connectivity index (χ0v) is 19.0. The molecule has 176 valence electrons. The maximum absolute atomic E-state index is 13.5. The van der Waals surface area contributed by atoms with Crippen LogP contribution in [-0.2, 0) is 9.53 Å². The summed E-state index contributed by atoms with van der Waals surface area (Å²) in [6, 6.07) is 14.4. The van der Waals surface area contributed by atoms with E-state index in [9.17, 15) is 9.18 Å². The normalized spacial score (nSPS) is 18.6. The Morgan fingerprint density at radius 2 is 1.74 bits per heavy atom. The van der Waals surface area contributed by atoms with Crippen LogP contribution in [0.15, 0.2) is 60.9 Å². The van der Waals surface area contributed by atoms with Crippen molar-refractivity contribution in [2.24, 2.45) is 5.92 Å². The van der Waals surface area contributed by atoms with Crippen molar-refractivity contribution >= 4 is 23.2 Å². The first-order valence-electron chi connectivity index (χ1n) is 11.7. The van der Waals surface area contributed by atoms with Crippen molar-refractivity contribution in [1.82, 2.24) is 9.97 Å². The molecule has 34 heavy (non-hydrogen) atoms. The number of hydrogen-bond acceptors (Lipinski definition) is 6. The molecule has 1 atom stereocenters. The second-order valence-corrected chi connectivity index (χ2v) is 8.70. The van der Waals surface area contributed by atoms with Crippen LogP contribution in [0.1, 0.15) is 12.8 Å². The van der Waals surface area contributed by atoms with Gasteiger partial charge in [-0.15, -0.1) is 0 Å². The van der Waals surface area contributed by atoms with Crippen LogP contribution in [0.2, 0.25) is 0 Å². The smallest absolute Gasteiger partial charge is 0.229 e. The summed E-state index contributed by atoms with van der Waals surface area (Å²) in [6.07, 6.45) is 5.13. The van der Waals surface area contributed by atoms with Gasteiger partial charge in [-0.2, -0.15) is 0 Å². The fourth-order valence-electron chi connectivity index (χ4n) is 4.50. The lowest BCUT2D eigenvalue weighted by Crippen LogP contribution is -2.41. The van der Waals surface area contributed by atoms with Gasteiger partial charge in [0, 0.05) is 55.5 Å². The third kappa shape index (κ3) is 5.17. The van der Waals surface area contributed by atoms with Gasteiger partial charge in [-0.05, 0) is 54.8 Å². The molecule has 1 N–H and O–H groups in total. The van der Waals surface area contributed by atoms with Crippen molar-refractivity contribution in [3.8, 4) is 11.1 Å². The topological polar surface area (TPSA) is 70.6 Å². The van der Waals surface area contributed by atoms with Crippen molar-refractivity contribution in [2.45, 2.75) is 12.8 Å². The summed E-state index contributed by atoms with van der Waals surface area (Å²) >= 11 is 0. The van der Waals surface area contributed by atoms with Gasteiger partial charge < -0.3 is 19.9 Å². The van der Waals surface area contributed by atoms with E-state index in [0.29, 0.717) is 12.5 Å². The minimum atomic E-state index is -0.290. The molecule has 1 amide bonds. The lowest BCUT2D eigenvalue weighted by molar-refractivity contribution is -0.120. The largest absolute Gasteiger partial charge is 0.378 e. The third-order valence-electron chi connectivity index (χ3n) is 6.38. The number of carbonyl (C=O) groups is 1. The number of aromatic nitrogens is 2. The number of nitrogens with one attached hydrogen (secondary N) is 1. The lowest BCUT2D eigenvalue weighted by Gasteiger charge is -2.32. The van der Waals surface area contributed by atoms with Crippen LogP contribution in [-0.4, -0.2) is 55.3 Å². The molecule has 1 aromatic heterocycles. The molecule has 7 nitrogen and oxygen atoms in total. The average Bonchev–Trinajstić information content (AvgIpc) is 2.90.